The zero-order valence-electron chi connectivity index (χ0n) is 18.6. The largest absolute Gasteiger partial charge is 0.477 e. The molecule has 4 rings (SSSR count). The lowest BCUT2D eigenvalue weighted by Crippen LogP contribution is -2.26. The van der Waals surface area contributed by atoms with Crippen LogP contribution in [-0.4, -0.2) is 34.6 Å². The molecule has 1 heterocycles. The highest BCUT2D eigenvalue weighted by Gasteiger charge is 2.17. The average molecular weight is 476 g/mol. The Labute approximate surface area is 201 Å². The van der Waals surface area contributed by atoms with Gasteiger partial charge in [-0.15, -0.1) is 0 Å². The summed E-state index contributed by atoms with van der Waals surface area (Å²) in [5, 5.41) is 5.20. The average Bonchev–Trinajstić information content (AvgIpc) is 2.85. The maximum absolute atomic E-state index is 13.2. The van der Waals surface area contributed by atoms with Crippen molar-refractivity contribution in [3.63, 3.8) is 0 Å². The van der Waals surface area contributed by atoms with Gasteiger partial charge in [-0.2, -0.15) is 9.78 Å². The Morgan fingerprint density at radius 1 is 1.12 bits per heavy atom. The van der Waals surface area contributed by atoms with Gasteiger partial charge in [-0.1, -0.05) is 54.1 Å². The molecule has 0 saturated heterocycles. The number of hydrogen-bond donors (Lipinski definition) is 0. The summed E-state index contributed by atoms with van der Waals surface area (Å²) in [4.78, 5) is 29.7. The summed E-state index contributed by atoms with van der Waals surface area (Å²) < 4.78 is 11.8. The fourth-order valence-corrected chi connectivity index (χ4v) is 3.55. The van der Waals surface area contributed by atoms with Crippen LogP contribution in [0.5, 0.6) is 5.75 Å². The molecule has 172 valence electrons. The van der Waals surface area contributed by atoms with Crippen molar-refractivity contribution < 1.29 is 14.3 Å². The van der Waals surface area contributed by atoms with Crippen LogP contribution in [0.2, 0.25) is 5.02 Å². The van der Waals surface area contributed by atoms with E-state index in [0.717, 1.165) is 5.56 Å². The second-order valence-electron chi connectivity index (χ2n) is 7.38. The van der Waals surface area contributed by atoms with Crippen molar-refractivity contribution in [1.29, 1.82) is 0 Å². The van der Waals surface area contributed by atoms with Gasteiger partial charge in [0, 0.05) is 5.56 Å². The number of carbonyl (C=O) groups excluding carboxylic acids is 1. The number of aromatic nitrogens is 2. The highest BCUT2D eigenvalue weighted by molar-refractivity contribution is 6.32. The Morgan fingerprint density at radius 3 is 2.59 bits per heavy atom. The maximum atomic E-state index is 13.2. The van der Waals surface area contributed by atoms with E-state index in [1.165, 1.54) is 10.9 Å². The molecule has 0 radical (unpaired) electrons. The van der Waals surface area contributed by atoms with E-state index >= 15 is 0 Å². The van der Waals surface area contributed by atoms with Gasteiger partial charge in [-0.3, -0.25) is 4.79 Å². The number of ether oxygens (including phenoxy) is 2. The summed E-state index contributed by atoms with van der Waals surface area (Å²) >= 11 is 6.35. The van der Waals surface area contributed by atoms with E-state index in [2.05, 4.69) is 10.1 Å². The molecule has 0 unspecified atom stereocenters. The fourth-order valence-electron chi connectivity index (χ4n) is 3.32. The fraction of sp³-hybridized carbons (Fsp3) is 0.154. The first kappa shape index (κ1) is 23.2. The summed E-state index contributed by atoms with van der Waals surface area (Å²) in [5.74, 6) is 0.296. The highest BCUT2D eigenvalue weighted by atomic mass is 35.5. The third-order valence-electron chi connectivity index (χ3n) is 4.99. The summed E-state index contributed by atoms with van der Waals surface area (Å²) in [6, 6.07) is 21.5. The van der Waals surface area contributed by atoms with Gasteiger partial charge in [0.25, 0.3) is 5.56 Å². The molecule has 1 aromatic heterocycles. The zero-order valence-corrected chi connectivity index (χ0v) is 19.4. The molecule has 0 aliphatic heterocycles. The Bertz CT molecular complexity index is 1420. The van der Waals surface area contributed by atoms with Crippen LogP contribution in [0.15, 0.2) is 82.7 Å². The number of fused-ring (bicyclic) bond motifs is 1. The number of benzene rings is 3. The minimum absolute atomic E-state index is 0.267. The molecular formula is C26H22ClN3O4. The van der Waals surface area contributed by atoms with E-state index in [1.807, 2.05) is 36.4 Å². The first-order valence-electron chi connectivity index (χ1n) is 10.7. The van der Waals surface area contributed by atoms with Crippen LogP contribution < -0.4 is 10.3 Å². The van der Waals surface area contributed by atoms with E-state index in [-0.39, 0.29) is 12.2 Å². The normalized spacial score (nSPS) is 12.1. The van der Waals surface area contributed by atoms with Crippen molar-refractivity contribution in [2.75, 3.05) is 6.61 Å². The minimum Gasteiger partial charge on any atom is -0.477 e. The van der Waals surface area contributed by atoms with E-state index in [4.69, 9.17) is 21.1 Å². The number of halogens is 1. The van der Waals surface area contributed by atoms with Crippen LogP contribution in [0.1, 0.15) is 19.4 Å². The predicted molar refractivity (Wildman–Crippen MR) is 133 cm³/mol. The minimum atomic E-state index is -0.798. The standard InChI is InChI=1S/C26H22ClN3O4/c1-3-33-26(32)17(2)34-23-14-13-18(15-21(23)27)16-28-30-24(19-9-5-4-6-10-19)29-22-12-8-7-11-20(22)25(30)31/h4-17H,3H2,1-2H3/t17-/m0/s1. The van der Waals surface area contributed by atoms with E-state index in [0.29, 0.717) is 33.1 Å². The van der Waals surface area contributed by atoms with Crippen LogP contribution in [-0.2, 0) is 9.53 Å². The van der Waals surface area contributed by atoms with Gasteiger partial charge in [-0.25, -0.2) is 9.78 Å². The van der Waals surface area contributed by atoms with Gasteiger partial charge in [-0.05, 0) is 49.7 Å². The van der Waals surface area contributed by atoms with Crippen LogP contribution in [0, 0.1) is 0 Å². The Hall–Kier alpha value is -3.97. The number of rotatable bonds is 7. The summed E-state index contributed by atoms with van der Waals surface area (Å²) in [6.07, 6.45) is 0.724. The zero-order chi connectivity index (χ0) is 24.1. The smallest absolute Gasteiger partial charge is 0.347 e. The van der Waals surface area contributed by atoms with Gasteiger partial charge in [0.05, 0.1) is 28.7 Å². The molecule has 4 aromatic rings. The molecule has 0 amide bonds. The lowest BCUT2D eigenvalue weighted by Gasteiger charge is -2.14. The third-order valence-corrected chi connectivity index (χ3v) is 5.28. The molecule has 0 aliphatic rings. The number of nitrogens with zero attached hydrogens (tertiary/aromatic N) is 3. The number of esters is 1. The monoisotopic (exact) mass is 475 g/mol. The van der Waals surface area contributed by atoms with Crippen molar-refractivity contribution in [3.05, 3.63) is 93.7 Å². The topological polar surface area (TPSA) is 82.8 Å². The molecular weight excluding hydrogens is 454 g/mol. The van der Waals surface area contributed by atoms with Crippen LogP contribution in [0.3, 0.4) is 0 Å². The predicted octanol–water partition coefficient (Wildman–Crippen LogP) is 4.93. The van der Waals surface area contributed by atoms with Crippen molar-refractivity contribution >= 4 is 34.7 Å². The van der Waals surface area contributed by atoms with Crippen molar-refractivity contribution in [2.24, 2.45) is 5.10 Å². The van der Waals surface area contributed by atoms with Gasteiger partial charge in [0.2, 0.25) is 0 Å². The van der Waals surface area contributed by atoms with Gasteiger partial charge >= 0.3 is 5.97 Å². The van der Waals surface area contributed by atoms with E-state index in [1.54, 1.807) is 50.2 Å². The van der Waals surface area contributed by atoms with Crippen LogP contribution >= 0.6 is 11.6 Å². The lowest BCUT2D eigenvalue weighted by molar-refractivity contribution is -0.150. The molecule has 7 nitrogen and oxygen atoms in total. The molecule has 34 heavy (non-hydrogen) atoms. The molecule has 0 aliphatic carbocycles. The molecule has 8 heteroatoms. The Balaban J connectivity index is 1.69. The summed E-state index contributed by atoms with van der Waals surface area (Å²) in [6.45, 7) is 3.59. The number of hydrogen-bond acceptors (Lipinski definition) is 6. The number of carbonyl (C=O) groups is 1. The number of para-hydroxylation sites is 1. The third kappa shape index (κ3) is 5.00. The SMILES string of the molecule is CCOC(=O)[C@H](C)Oc1ccc(C=Nn2c(-c3ccccc3)nc3ccccc3c2=O)cc1Cl. The molecule has 0 N–H and O–H groups in total. The Morgan fingerprint density at radius 2 is 1.85 bits per heavy atom. The lowest BCUT2D eigenvalue weighted by atomic mass is 10.2. The van der Waals surface area contributed by atoms with Crippen molar-refractivity contribution in [3.8, 4) is 17.1 Å². The summed E-state index contributed by atoms with van der Waals surface area (Å²) in [5.41, 5.74) is 1.71. The maximum Gasteiger partial charge on any atom is 0.347 e. The van der Waals surface area contributed by atoms with E-state index in [9.17, 15) is 9.59 Å². The molecule has 0 spiro atoms. The van der Waals surface area contributed by atoms with Gasteiger partial charge in [0.15, 0.2) is 11.9 Å². The summed E-state index contributed by atoms with van der Waals surface area (Å²) in [7, 11) is 0. The first-order chi connectivity index (χ1) is 16.5. The van der Waals surface area contributed by atoms with Gasteiger partial charge in [0.1, 0.15) is 5.75 Å². The molecule has 0 fully saturated rings. The van der Waals surface area contributed by atoms with Crippen LogP contribution in [0.25, 0.3) is 22.3 Å². The molecule has 1 atom stereocenters. The second kappa shape index (κ2) is 10.3. The molecule has 0 bridgehead atoms. The molecule has 0 saturated carbocycles. The molecule has 3 aromatic carbocycles. The first-order valence-corrected chi connectivity index (χ1v) is 11.1. The second-order valence-corrected chi connectivity index (χ2v) is 7.79. The van der Waals surface area contributed by atoms with Crippen LogP contribution in [0.4, 0.5) is 0 Å². The Kier molecular flexibility index (Phi) is 7.04. The van der Waals surface area contributed by atoms with E-state index < -0.39 is 12.1 Å². The highest BCUT2D eigenvalue weighted by Crippen LogP contribution is 2.26. The quantitative estimate of drug-likeness (QED) is 0.279. The van der Waals surface area contributed by atoms with Crippen molar-refractivity contribution in [1.82, 2.24) is 9.66 Å². The van der Waals surface area contributed by atoms with Gasteiger partial charge < -0.3 is 9.47 Å². The van der Waals surface area contributed by atoms with Crippen molar-refractivity contribution in [2.45, 2.75) is 20.0 Å².